The van der Waals surface area contributed by atoms with Gasteiger partial charge in [0.05, 0.1) is 6.21 Å². The molecule has 3 N–H and O–H groups in total. The zero-order chi connectivity index (χ0) is 18.7. The molecule has 2 aromatic carbocycles. The summed E-state index contributed by atoms with van der Waals surface area (Å²) in [5.41, 5.74) is 7.06. The second-order valence-corrected chi connectivity index (χ2v) is 6.45. The van der Waals surface area contributed by atoms with Crippen molar-refractivity contribution in [2.24, 2.45) is 5.10 Å². The fraction of sp³-hybridized carbons (Fsp3) is 0.100. The van der Waals surface area contributed by atoms with Crippen LogP contribution in [0.4, 0.5) is 0 Å². The Kier molecular flexibility index (Phi) is 5.09. The monoisotopic (exact) mass is 367 g/mol. The lowest BCUT2D eigenvalue weighted by Crippen LogP contribution is -2.17. The number of hydrazone groups is 1. The topological polar surface area (TPSA) is 77.5 Å². The maximum atomic E-state index is 12.2. The fourth-order valence-electron chi connectivity index (χ4n) is 2.62. The fourth-order valence-corrected chi connectivity index (χ4v) is 2.75. The summed E-state index contributed by atoms with van der Waals surface area (Å²) >= 11 is 5.89. The smallest absolute Gasteiger partial charge is 0.287 e. The SMILES string of the molecule is Cc1cc(C=NNC(=O)c2cc(-c3ccc(Cl)cc3)c[nH]2)cc(C)c1O. The van der Waals surface area contributed by atoms with Crippen molar-refractivity contribution in [3.63, 3.8) is 0 Å². The highest BCUT2D eigenvalue weighted by molar-refractivity contribution is 6.30. The molecular formula is C20H18ClN3O2. The predicted octanol–water partition coefficient (Wildman–Crippen LogP) is 4.42. The van der Waals surface area contributed by atoms with E-state index in [2.05, 4.69) is 15.5 Å². The number of nitrogens with one attached hydrogen (secondary N) is 2. The maximum Gasteiger partial charge on any atom is 0.287 e. The second kappa shape index (κ2) is 7.45. The third-order valence-corrected chi connectivity index (χ3v) is 4.25. The lowest BCUT2D eigenvalue weighted by Gasteiger charge is -2.04. The van der Waals surface area contributed by atoms with Crippen molar-refractivity contribution in [3.8, 4) is 16.9 Å². The number of hydrogen-bond acceptors (Lipinski definition) is 3. The van der Waals surface area contributed by atoms with Crippen LogP contribution in [0.5, 0.6) is 5.75 Å². The Morgan fingerprint density at radius 1 is 1.12 bits per heavy atom. The Labute approximate surface area is 156 Å². The number of halogens is 1. The highest BCUT2D eigenvalue weighted by Gasteiger charge is 2.09. The molecule has 0 bridgehead atoms. The number of carbonyl (C=O) groups is 1. The summed E-state index contributed by atoms with van der Waals surface area (Å²) in [4.78, 5) is 15.1. The van der Waals surface area contributed by atoms with E-state index in [4.69, 9.17) is 11.6 Å². The van der Waals surface area contributed by atoms with Gasteiger partial charge in [-0.25, -0.2) is 5.43 Å². The molecule has 132 valence electrons. The van der Waals surface area contributed by atoms with E-state index in [1.807, 2.05) is 26.0 Å². The summed E-state index contributed by atoms with van der Waals surface area (Å²) in [6.07, 6.45) is 3.30. The number of amides is 1. The van der Waals surface area contributed by atoms with Gasteiger partial charge in [-0.1, -0.05) is 23.7 Å². The highest BCUT2D eigenvalue weighted by Crippen LogP contribution is 2.23. The summed E-state index contributed by atoms with van der Waals surface area (Å²) in [5.74, 6) is -0.0685. The molecule has 6 heteroatoms. The molecule has 0 unspecified atom stereocenters. The average Bonchev–Trinajstić information content (AvgIpc) is 3.10. The molecule has 3 rings (SSSR count). The van der Waals surface area contributed by atoms with Crippen LogP contribution in [0.25, 0.3) is 11.1 Å². The van der Waals surface area contributed by atoms with Crippen LogP contribution in [-0.2, 0) is 0 Å². The van der Waals surface area contributed by atoms with E-state index in [1.54, 1.807) is 42.7 Å². The number of aryl methyl sites for hydroxylation is 2. The number of aromatic nitrogens is 1. The Morgan fingerprint density at radius 2 is 1.77 bits per heavy atom. The van der Waals surface area contributed by atoms with Crippen LogP contribution in [0.2, 0.25) is 5.02 Å². The first kappa shape index (κ1) is 17.8. The first-order valence-electron chi connectivity index (χ1n) is 8.02. The minimum absolute atomic E-state index is 0.271. The van der Waals surface area contributed by atoms with Crippen LogP contribution in [0, 0.1) is 13.8 Å². The molecule has 26 heavy (non-hydrogen) atoms. The number of hydrogen-bond donors (Lipinski definition) is 3. The average molecular weight is 368 g/mol. The highest BCUT2D eigenvalue weighted by atomic mass is 35.5. The van der Waals surface area contributed by atoms with Crippen LogP contribution in [0.1, 0.15) is 27.2 Å². The van der Waals surface area contributed by atoms with E-state index in [-0.39, 0.29) is 11.7 Å². The summed E-state index contributed by atoms with van der Waals surface area (Å²) in [6.45, 7) is 3.63. The number of phenolic OH excluding ortho intramolecular Hbond substituents is 1. The third kappa shape index (κ3) is 3.95. The first-order chi connectivity index (χ1) is 12.4. The number of H-pyrrole nitrogens is 1. The quantitative estimate of drug-likeness (QED) is 0.471. The van der Waals surface area contributed by atoms with Gasteiger partial charge >= 0.3 is 0 Å². The standard InChI is InChI=1S/C20H18ClN3O2/c1-12-7-14(8-13(2)19(12)25)10-23-24-20(26)18-9-16(11-22-18)15-3-5-17(21)6-4-15/h3-11,22,25H,1-2H3,(H,24,26). The number of nitrogens with zero attached hydrogens (tertiary/aromatic N) is 1. The molecule has 5 nitrogen and oxygen atoms in total. The van der Waals surface area contributed by atoms with E-state index in [9.17, 15) is 9.90 Å². The van der Waals surface area contributed by atoms with Crippen molar-refractivity contribution in [1.82, 2.24) is 10.4 Å². The minimum Gasteiger partial charge on any atom is -0.507 e. The minimum atomic E-state index is -0.339. The van der Waals surface area contributed by atoms with Gasteiger partial charge in [-0.15, -0.1) is 0 Å². The number of aromatic hydroxyl groups is 1. The number of carbonyl (C=O) groups excluding carboxylic acids is 1. The molecule has 3 aromatic rings. The van der Waals surface area contributed by atoms with E-state index >= 15 is 0 Å². The zero-order valence-electron chi connectivity index (χ0n) is 14.4. The Bertz CT molecular complexity index is 952. The van der Waals surface area contributed by atoms with Crippen molar-refractivity contribution in [2.45, 2.75) is 13.8 Å². The molecule has 0 radical (unpaired) electrons. The summed E-state index contributed by atoms with van der Waals surface area (Å²) in [7, 11) is 0. The van der Waals surface area contributed by atoms with Gasteiger partial charge in [0, 0.05) is 11.2 Å². The first-order valence-corrected chi connectivity index (χ1v) is 8.40. The van der Waals surface area contributed by atoms with Crippen molar-refractivity contribution in [1.29, 1.82) is 0 Å². The van der Waals surface area contributed by atoms with E-state index in [1.165, 1.54) is 0 Å². The molecule has 0 fully saturated rings. The number of aromatic amines is 1. The van der Waals surface area contributed by atoms with Gasteiger partial charge in [0.1, 0.15) is 11.4 Å². The summed E-state index contributed by atoms with van der Waals surface area (Å²) < 4.78 is 0. The Morgan fingerprint density at radius 3 is 2.42 bits per heavy atom. The summed E-state index contributed by atoms with van der Waals surface area (Å²) in [6, 6.07) is 12.7. The molecule has 0 aliphatic heterocycles. The molecule has 0 atom stereocenters. The van der Waals surface area contributed by atoms with Gasteiger partial charge < -0.3 is 10.1 Å². The van der Waals surface area contributed by atoms with E-state index in [0.717, 1.165) is 27.8 Å². The molecule has 1 heterocycles. The van der Waals surface area contributed by atoms with Crippen LogP contribution < -0.4 is 5.43 Å². The predicted molar refractivity (Wildman–Crippen MR) is 104 cm³/mol. The van der Waals surface area contributed by atoms with E-state index < -0.39 is 0 Å². The molecule has 1 aromatic heterocycles. The number of rotatable bonds is 4. The largest absolute Gasteiger partial charge is 0.507 e. The summed E-state index contributed by atoms with van der Waals surface area (Å²) in [5, 5.41) is 14.4. The van der Waals surface area contributed by atoms with Gasteiger partial charge in [0.2, 0.25) is 0 Å². The molecule has 0 aliphatic carbocycles. The van der Waals surface area contributed by atoms with Gasteiger partial charge in [-0.2, -0.15) is 5.10 Å². The molecular weight excluding hydrogens is 350 g/mol. The molecule has 0 saturated heterocycles. The van der Waals surface area contributed by atoms with Gasteiger partial charge in [0.15, 0.2) is 0 Å². The van der Waals surface area contributed by atoms with Gasteiger partial charge in [-0.05, 0) is 72.0 Å². The second-order valence-electron chi connectivity index (χ2n) is 6.01. The van der Waals surface area contributed by atoms with Crippen LogP contribution in [0.15, 0.2) is 53.8 Å². The molecule has 0 aliphatic rings. The Balaban J connectivity index is 1.68. The van der Waals surface area contributed by atoms with Crippen molar-refractivity contribution in [2.75, 3.05) is 0 Å². The van der Waals surface area contributed by atoms with E-state index in [0.29, 0.717) is 10.7 Å². The van der Waals surface area contributed by atoms with Gasteiger partial charge in [-0.3, -0.25) is 4.79 Å². The van der Waals surface area contributed by atoms with Crippen LogP contribution >= 0.6 is 11.6 Å². The van der Waals surface area contributed by atoms with Crippen molar-refractivity contribution < 1.29 is 9.90 Å². The van der Waals surface area contributed by atoms with Gasteiger partial charge in [0.25, 0.3) is 5.91 Å². The number of phenols is 1. The van der Waals surface area contributed by atoms with Crippen molar-refractivity contribution >= 4 is 23.7 Å². The zero-order valence-corrected chi connectivity index (χ0v) is 15.1. The lowest BCUT2D eigenvalue weighted by atomic mass is 10.1. The number of benzene rings is 2. The molecule has 1 amide bonds. The molecule has 0 saturated carbocycles. The Hall–Kier alpha value is -3.05. The maximum absolute atomic E-state index is 12.2. The van der Waals surface area contributed by atoms with Crippen molar-refractivity contribution in [3.05, 3.63) is 76.1 Å². The normalized spacial score (nSPS) is 11.0. The van der Waals surface area contributed by atoms with Crippen LogP contribution in [0.3, 0.4) is 0 Å². The third-order valence-electron chi connectivity index (χ3n) is 4.00. The molecule has 0 spiro atoms. The van der Waals surface area contributed by atoms with Crippen LogP contribution in [-0.4, -0.2) is 22.2 Å². The lowest BCUT2D eigenvalue weighted by molar-refractivity contribution is 0.0951.